The van der Waals surface area contributed by atoms with Crippen molar-refractivity contribution in [3.63, 3.8) is 0 Å². The van der Waals surface area contributed by atoms with E-state index in [0.717, 1.165) is 51.4 Å². The molecule has 0 atom stereocenters. The molecule has 4 nitrogen and oxygen atoms in total. The molecule has 5 rings (SSSR count). The average Bonchev–Trinajstić information content (AvgIpc) is 3.42. The Hall–Kier alpha value is -2.65. The topological polar surface area (TPSA) is 32.6 Å². The van der Waals surface area contributed by atoms with Gasteiger partial charge in [0.25, 0.3) is 5.90 Å². The zero-order chi connectivity index (χ0) is 24.7. The number of nitrogens with zero attached hydrogens (tertiary/aromatic N) is 2. The van der Waals surface area contributed by atoms with E-state index >= 15 is 8.78 Å². The van der Waals surface area contributed by atoms with E-state index in [0.29, 0.717) is 24.8 Å². The summed E-state index contributed by atoms with van der Waals surface area (Å²) in [4.78, 5) is 15.4. The number of rotatable bonds is 4. The van der Waals surface area contributed by atoms with Gasteiger partial charge in [0.05, 0.1) is 17.1 Å². The van der Waals surface area contributed by atoms with Crippen LogP contribution in [0.2, 0.25) is 0 Å². The Morgan fingerprint density at radius 2 is 1.40 bits per heavy atom. The van der Waals surface area contributed by atoms with Gasteiger partial charge in [0.15, 0.2) is 29.1 Å². The lowest BCUT2D eigenvalue weighted by Gasteiger charge is -2.37. The highest BCUT2D eigenvalue weighted by atomic mass is 19.2. The van der Waals surface area contributed by atoms with Crippen LogP contribution in [0.5, 0.6) is 0 Å². The van der Waals surface area contributed by atoms with Gasteiger partial charge in [0.2, 0.25) is 0 Å². The predicted molar refractivity (Wildman–Crippen MR) is 121 cm³/mol. The van der Waals surface area contributed by atoms with Crippen LogP contribution in [0.1, 0.15) is 70.6 Å². The molecule has 1 aromatic rings. The quantitative estimate of drug-likeness (QED) is 0.183. The molecule has 0 unspecified atom stereocenters. The first kappa shape index (κ1) is 24.1. The minimum atomic E-state index is -2.23. The molecule has 1 aliphatic heterocycles. The molecule has 2 fully saturated rings. The van der Waals surface area contributed by atoms with Crippen molar-refractivity contribution in [3.05, 3.63) is 52.9 Å². The van der Waals surface area contributed by atoms with Crippen LogP contribution in [-0.2, 0) is 4.65 Å². The summed E-state index contributed by atoms with van der Waals surface area (Å²) in [5.41, 5.74) is -0.551. The molecule has 4 aliphatic rings. The molecule has 3 aliphatic carbocycles. The van der Waals surface area contributed by atoms with Crippen LogP contribution in [0.4, 0.5) is 26.7 Å². The fourth-order valence-electron chi connectivity index (χ4n) is 5.76. The Morgan fingerprint density at radius 3 is 1.97 bits per heavy atom. The van der Waals surface area contributed by atoms with Crippen molar-refractivity contribution < 1.29 is 36.0 Å². The minimum absolute atomic E-state index is 0.122. The predicted octanol–water partition coefficient (Wildman–Crippen LogP) is 5.49. The van der Waals surface area contributed by atoms with Gasteiger partial charge < -0.3 is 4.65 Å². The Kier molecular flexibility index (Phi) is 6.72. The van der Waals surface area contributed by atoms with Crippen molar-refractivity contribution in [3.8, 4) is 0 Å². The van der Waals surface area contributed by atoms with Gasteiger partial charge in [0.1, 0.15) is 6.04 Å². The molecular weight excluding hydrogens is 466 g/mol. The highest BCUT2D eigenvalue weighted by Crippen LogP contribution is 2.32. The third-order valence-corrected chi connectivity index (χ3v) is 7.54. The number of allylic oxidation sites excluding steroid dienone is 2. The summed E-state index contributed by atoms with van der Waals surface area (Å²) in [5.74, 6) is -10.1. The summed E-state index contributed by atoms with van der Waals surface area (Å²) in [6.45, 7) is 0. The lowest BCUT2D eigenvalue weighted by molar-refractivity contribution is -0.493. The number of hydrogen-bond acceptors (Lipinski definition) is 2. The lowest BCUT2D eigenvalue weighted by atomic mass is 9.67. The largest absolute Gasteiger partial charge is 0.653 e. The molecule has 35 heavy (non-hydrogen) atoms. The smallest absolute Gasteiger partial charge is 0.487 e. The van der Waals surface area contributed by atoms with Gasteiger partial charge in [-0.2, -0.15) is 9.37 Å². The highest BCUT2D eigenvalue weighted by molar-refractivity contribution is 6.69. The monoisotopic (exact) mass is 493 g/mol. The molecular formula is C25H27BF5N2O2+. The summed E-state index contributed by atoms with van der Waals surface area (Å²) in [6, 6.07) is -1.10. The first-order valence-electron chi connectivity index (χ1n) is 12.4. The van der Waals surface area contributed by atoms with Gasteiger partial charge in [0, 0.05) is 0 Å². The Balaban J connectivity index is 1.70. The molecule has 1 aromatic carbocycles. The van der Waals surface area contributed by atoms with Gasteiger partial charge in [-0.3, -0.25) is 0 Å². The van der Waals surface area contributed by atoms with Crippen LogP contribution < -0.4 is 5.46 Å². The lowest BCUT2D eigenvalue weighted by Crippen LogP contribution is -2.67. The van der Waals surface area contributed by atoms with E-state index in [1.54, 1.807) is 10.7 Å². The fourth-order valence-corrected chi connectivity index (χ4v) is 5.76. The molecule has 0 aromatic heterocycles. The second-order valence-corrected chi connectivity index (χ2v) is 9.70. The number of carbonyl (C=O) groups is 1. The highest BCUT2D eigenvalue weighted by Gasteiger charge is 2.58. The first-order chi connectivity index (χ1) is 16.9. The fraction of sp³-hybridized carbons (Fsp3) is 0.520. The van der Waals surface area contributed by atoms with Crippen molar-refractivity contribution in [1.29, 1.82) is 0 Å². The molecule has 1 heterocycles. The number of carbonyl (C=O) groups excluding carboxylic acids is 1. The van der Waals surface area contributed by atoms with Crippen molar-refractivity contribution in [1.82, 2.24) is 4.81 Å². The standard InChI is InChI=1S/C25H27BF5N2O2/c27-19-18(20(28)22(30)23(31)21(19)29)26-33(17-13-5-2-6-14-17)25(34)32(16-11-3-1-4-12-16)24(35-26)15-9-7-8-10-15/h7,9-10,16-17H,1-6,8,11-14H2/q+1. The molecule has 186 valence electrons. The Bertz CT molecular complexity index is 1090. The molecule has 2 amide bonds. The third-order valence-electron chi connectivity index (χ3n) is 7.54. The Morgan fingerprint density at radius 1 is 0.829 bits per heavy atom. The molecule has 10 heteroatoms. The van der Waals surface area contributed by atoms with E-state index in [4.69, 9.17) is 4.65 Å². The maximum absolute atomic E-state index is 15.0. The molecule has 0 saturated heterocycles. The second kappa shape index (κ2) is 9.78. The second-order valence-electron chi connectivity index (χ2n) is 9.70. The summed E-state index contributed by atoms with van der Waals surface area (Å²) in [6.07, 6.45) is 14.1. The van der Waals surface area contributed by atoms with Crippen molar-refractivity contribution in [2.75, 3.05) is 0 Å². The molecule has 0 bridgehead atoms. The summed E-state index contributed by atoms with van der Waals surface area (Å²) in [7, 11) is -1.76. The van der Waals surface area contributed by atoms with Crippen LogP contribution in [0.15, 0.2) is 23.8 Å². The number of amides is 2. The van der Waals surface area contributed by atoms with Gasteiger partial charge in [-0.05, 0) is 57.8 Å². The molecule has 2 saturated carbocycles. The molecule has 0 radical (unpaired) electrons. The maximum Gasteiger partial charge on any atom is 0.653 e. The van der Waals surface area contributed by atoms with E-state index < -0.39 is 53.7 Å². The molecule has 0 spiro atoms. The van der Waals surface area contributed by atoms with E-state index in [9.17, 15) is 18.0 Å². The maximum atomic E-state index is 15.0. The van der Waals surface area contributed by atoms with Crippen LogP contribution in [0.25, 0.3) is 0 Å². The SMILES string of the molecule is O=C1N(C2CCCCC2)B(c2c(F)c(F)c(F)c(F)c2F)OC(C2=CCC=C2)=[N+]1C1CCCCC1. The van der Waals surface area contributed by atoms with Crippen LogP contribution in [0, 0.1) is 29.1 Å². The normalized spacial score (nSPS) is 22.2. The van der Waals surface area contributed by atoms with Crippen LogP contribution >= 0.6 is 0 Å². The van der Waals surface area contributed by atoms with Crippen LogP contribution in [0.3, 0.4) is 0 Å². The van der Waals surface area contributed by atoms with E-state index in [1.165, 1.54) is 4.81 Å². The zero-order valence-electron chi connectivity index (χ0n) is 19.3. The van der Waals surface area contributed by atoms with E-state index in [-0.39, 0.29) is 11.9 Å². The summed E-state index contributed by atoms with van der Waals surface area (Å²) < 4.78 is 80.1. The first-order valence-corrected chi connectivity index (χ1v) is 12.4. The van der Waals surface area contributed by atoms with E-state index in [2.05, 4.69) is 0 Å². The van der Waals surface area contributed by atoms with Gasteiger partial charge >= 0.3 is 13.1 Å². The average molecular weight is 493 g/mol. The van der Waals surface area contributed by atoms with Crippen molar-refractivity contribution in [2.45, 2.75) is 82.7 Å². The number of halogens is 5. The van der Waals surface area contributed by atoms with Gasteiger partial charge in [-0.1, -0.05) is 31.1 Å². The number of hydrogen-bond donors (Lipinski definition) is 0. The van der Waals surface area contributed by atoms with Gasteiger partial charge in [-0.25, -0.2) is 26.8 Å². The Labute approximate surface area is 201 Å². The molecule has 0 N–H and O–H groups in total. The third kappa shape index (κ3) is 4.18. The summed E-state index contributed by atoms with van der Waals surface area (Å²) >= 11 is 0. The van der Waals surface area contributed by atoms with Crippen LogP contribution in [-0.4, -0.2) is 40.4 Å². The number of urea groups is 1. The minimum Gasteiger partial charge on any atom is -0.487 e. The van der Waals surface area contributed by atoms with Gasteiger partial charge in [-0.15, -0.1) is 0 Å². The number of benzene rings is 1. The van der Waals surface area contributed by atoms with Crippen molar-refractivity contribution >= 4 is 24.4 Å². The summed E-state index contributed by atoms with van der Waals surface area (Å²) in [5, 5.41) is 0. The van der Waals surface area contributed by atoms with Crippen molar-refractivity contribution in [2.24, 2.45) is 0 Å². The zero-order valence-corrected chi connectivity index (χ0v) is 19.3. The van der Waals surface area contributed by atoms with E-state index in [1.807, 2.05) is 12.2 Å².